The van der Waals surface area contributed by atoms with E-state index >= 15 is 0 Å². The molecule has 6 nitrogen and oxygen atoms in total. The second kappa shape index (κ2) is 7.71. The number of hydrogen-bond acceptors (Lipinski definition) is 4. The lowest BCUT2D eigenvalue weighted by Gasteiger charge is -2.36. The summed E-state index contributed by atoms with van der Waals surface area (Å²) < 4.78 is 40.0. The Morgan fingerprint density at radius 3 is 2.76 bits per heavy atom. The lowest BCUT2D eigenvalue weighted by Crippen LogP contribution is -2.48. The first-order valence-corrected chi connectivity index (χ1v) is 8.12. The summed E-state index contributed by atoms with van der Waals surface area (Å²) in [6, 6.07) is 2.54. The number of anilines is 1. The van der Waals surface area contributed by atoms with E-state index in [0.717, 1.165) is 12.1 Å². The summed E-state index contributed by atoms with van der Waals surface area (Å²) >= 11 is 0. The number of piperidine rings is 1. The second-order valence-electron chi connectivity index (χ2n) is 6.06. The molecule has 0 aliphatic carbocycles. The minimum absolute atomic E-state index is 0.0902. The molecule has 0 bridgehead atoms. The second-order valence-corrected chi connectivity index (χ2v) is 6.06. The van der Waals surface area contributed by atoms with Crippen molar-refractivity contribution in [2.24, 2.45) is 0 Å². The van der Waals surface area contributed by atoms with Crippen molar-refractivity contribution in [3.8, 4) is 0 Å². The SMILES string of the molecule is CCCC(=O)NC1CCCN(c2ccc([N+](=O)[O-])cc2C(F)(F)F)C1. The van der Waals surface area contributed by atoms with Gasteiger partial charge in [-0.25, -0.2) is 0 Å². The molecule has 0 spiro atoms. The summed E-state index contributed by atoms with van der Waals surface area (Å²) in [6.45, 7) is 2.52. The van der Waals surface area contributed by atoms with Crippen LogP contribution in [0.1, 0.15) is 38.2 Å². The van der Waals surface area contributed by atoms with E-state index in [1.54, 1.807) is 0 Å². The summed E-state index contributed by atoms with van der Waals surface area (Å²) in [4.78, 5) is 23.2. The van der Waals surface area contributed by atoms with Crippen LogP contribution in [0.3, 0.4) is 0 Å². The number of nitro groups is 1. The van der Waals surface area contributed by atoms with E-state index in [-0.39, 0.29) is 24.2 Å². The number of halogens is 3. The van der Waals surface area contributed by atoms with Gasteiger partial charge in [0.15, 0.2) is 0 Å². The zero-order valence-electron chi connectivity index (χ0n) is 13.8. The molecule has 1 saturated heterocycles. The molecule has 1 aliphatic rings. The highest BCUT2D eigenvalue weighted by Gasteiger charge is 2.37. The summed E-state index contributed by atoms with van der Waals surface area (Å²) in [5, 5.41) is 13.6. The topological polar surface area (TPSA) is 75.5 Å². The standard InChI is InChI=1S/C16H20F3N3O3/c1-2-4-15(23)20-11-5-3-8-21(10-11)14-7-6-12(22(24)25)9-13(14)16(17,18)19/h6-7,9,11H,2-5,8,10H2,1H3,(H,20,23). The maximum Gasteiger partial charge on any atom is 0.418 e. The molecule has 0 radical (unpaired) electrons. The predicted octanol–water partition coefficient (Wildman–Crippen LogP) is 3.50. The summed E-state index contributed by atoms with van der Waals surface area (Å²) in [5.41, 5.74) is -1.71. The normalized spacial score (nSPS) is 18.1. The van der Waals surface area contributed by atoms with Crippen molar-refractivity contribution in [1.29, 1.82) is 0 Å². The largest absolute Gasteiger partial charge is 0.418 e. The van der Waals surface area contributed by atoms with Crippen LogP contribution in [0.25, 0.3) is 0 Å². The third kappa shape index (κ3) is 4.83. The molecule has 1 aromatic rings. The molecule has 1 heterocycles. The Balaban J connectivity index is 2.24. The highest BCUT2D eigenvalue weighted by atomic mass is 19.4. The van der Waals surface area contributed by atoms with Gasteiger partial charge in [0.25, 0.3) is 5.69 Å². The number of nitro benzene ring substituents is 1. The average Bonchev–Trinajstić information content (AvgIpc) is 2.54. The molecule has 25 heavy (non-hydrogen) atoms. The molecule has 0 aromatic heterocycles. The van der Waals surface area contributed by atoms with Crippen molar-refractivity contribution in [2.45, 2.75) is 44.8 Å². The van der Waals surface area contributed by atoms with Gasteiger partial charge in [0, 0.05) is 43.4 Å². The first-order chi connectivity index (χ1) is 11.7. The van der Waals surface area contributed by atoms with E-state index in [1.807, 2.05) is 6.92 Å². The van der Waals surface area contributed by atoms with Gasteiger partial charge in [-0.15, -0.1) is 0 Å². The van der Waals surface area contributed by atoms with E-state index < -0.39 is 22.4 Å². The Morgan fingerprint density at radius 1 is 1.44 bits per heavy atom. The summed E-state index contributed by atoms with van der Waals surface area (Å²) in [6.07, 6.45) is -2.30. The predicted molar refractivity (Wildman–Crippen MR) is 86.4 cm³/mol. The molecule has 1 unspecified atom stereocenters. The van der Waals surface area contributed by atoms with E-state index in [9.17, 15) is 28.1 Å². The maximum absolute atomic E-state index is 13.3. The molecule has 0 saturated carbocycles. The zero-order valence-corrected chi connectivity index (χ0v) is 13.8. The molecule has 1 atom stereocenters. The average molecular weight is 359 g/mol. The van der Waals surface area contributed by atoms with Gasteiger partial charge in [0.2, 0.25) is 5.91 Å². The fourth-order valence-corrected chi connectivity index (χ4v) is 2.98. The van der Waals surface area contributed by atoms with E-state index in [1.165, 1.54) is 4.90 Å². The van der Waals surface area contributed by atoms with Crippen molar-refractivity contribution in [2.75, 3.05) is 18.0 Å². The molecule has 1 N–H and O–H groups in total. The van der Waals surface area contributed by atoms with Crippen LogP contribution in [-0.2, 0) is 11.0 Å². The highest BCUT2D eigenvalue weighted by Crippen LogP contribution is 2.39. The fraction of sp³-hybridized carbons (Fsp3) is 0.562. The number of nitrogens with zero attached hydrogens (tertiary/aromatic N) is 2. The van der Waals surface area contributed by atoms with Gasteiger partial charge in [-0.2, -0.15) is 13.2 Å². The number of carbonyl (C=O) groups is 1. The molecule has 1 amide bonds. The number of rotatable bonds is 5. The van der Waals surface area contributed by atoms with E-state index in [4.69, 9.17) is 0 Å². The van der Waals surface area contributed by atoms with Crippen LogP contribution >= 0.6 is 0 Å². The van der Waals surface area contributed by atoms with Crippen LogP contribution in [0.15, 0.2) is 18.2 Å². The molecule has 2 rings (SSSR count). The number of non-ortho nitro benzene ring substituents is 1. The van der Waals surface area contributed by atoms with Crippen LogP contribution < -0.4 is 10.2 Å². The first kappa shape index (κ1) is 19.0. The Labute approximate surface area is 143 Å². The quantitative estimate of drug-likeness (QED) is 0.645. The van der Waals surface area contributed by atoms with E-state index in [2.05, 4.69) is 5.32 Å². The van der Waals surface area contributed by atoms with Crippen LogP contribution in [0.2, 0.25) is 0 Å². The number of carbonyl (C=O) groups excluding carboxylic acids is 1. The molecule has 1 aromatic carbocycles. The van der Waals surface area contributed by atoms with Gasteiger partial charge in [0.05, 0.1) is 10.5 Å². The van der Waals surface area contributed by atoms with Crippen molar-refractivity contribution in [1.82, 2.24) is 5.32 Å². The van der Waals surface area contributed by atoms with Crippen molar-refractivity contribution in [3.05, 3.63) is 33.9 Å². The van der Waals surface area contributed by atoms with Gasteiger partial charge in [-0.1, -0.05) is 6.92 Å². The Bertz CT molecular complexity index is 649. The summed E-state index contributed by atoms with van der Waals surface area (Å²) in [5.74, 6) is -0.117. The first-order valence-electron chi connectivity index (χ1n) is 8.12. The Hall–Kier alpha value is -2.32. The van der Waals surface area contributed by atoms with Gasteiger partial charge >= 0.3 is 6.18 Å². The lowest BCUT2D eigenvalue weighted by molar-refractivity contribution is -0.385. The maximum atomic E-state index is 13.3. The number of hydrogen-bond donors (Lipinski definition) is 1. The number of alkyl halides is 3. The number of nitrogens with one attached hydrogen (secondary N) is 1. The third-order valence-corrected chi connectivity index (χ3v) is 4.10. The van der Waals surface area contributed by atoms with Crippen LogP contribution in [0.4, 0.5) is 24.5 Å². The van der Waals surface area contributed by atoms with Crippen LogP contribution in [-0.4, -0.2) is 30.0 Å². The van der Waals surface area contributed by atoms with Gasteiger partial charge in [-0.05, 0) is 25.3 Å². The summed E-state index contributed by atoms with van der Waals surface area (Å²) in [7, 11) is 0. The Kier molecular flexibility index (Phi) is 5.86. The number of amides is 1. The van der Waals surface area contributed by atoms with Gasteiger partial charge in [-0.3, -0.25) is 14.9 Å². The molecule has 9 heteroatoms. The van der Waals surface area contributed by atoms with E-state index in [0.29, 0.717) is 38.3 Å². The number of benzene rings is 1. The zero-order chi connectivity index (χ0) is 18.6. The van der Waals surface area contributed by atoms with Crippen molar-refractivity contribution in [3.63, 3.8) is 0 Å². The van der Waals surface area contributed by atoms with Gasteiger partial charge < -0.3 is 10.2 Å². The molecule has 138 valence electrons. The molecular weight excluding hydrogens is 339 g/mol. The monoisotopic (exact) mass is 359 g/mol. The Morgan fingerprint density at radius 2 is 2.16 bits per heavy atom. The smallest absolute Gasteiger partial charge is 0.369 e. The van der Waals surface area contributed by atoms with Crippen LogP contribution in [0.5, 0.6) is 0 Å². The minimum atomic E-state index is -4.69. The lowest BCUT2D eigenvalue weighted by atomic mass is 10.0. The minimum Gasteiger partial charge on any atom is -0.369 e. The van der Waals surface area contributed by atoms with Crippen LogP contribution in [0, 0.1) is 10.1 Å². The molecular formula is C16H20F3N3O3. The fourth-order valence-electron chi connectivity index (χ4n) is 2.98. The van der Waals surface area contributed by atoms with Gasteiger partial charge in [0.1, 0.15) is 0 Å². The molecule has 1 aliphatic heterocycles. The molecule has 1 fully saturated rings. The van der Waals surface area contributed by atoms with Crippen molar-refractivity contribution < 1.29 is 22.9 Å². The highest BCUT2D eigenvalue weighted by molar-refractivity contribution is 5.76. The third-order valence-electron chi connectivity index (χ3n) is 4.10. The van der Waals surface area contributed by atoms with Crippen molar-refractivity contribution >= 4 is 17.3 Å².